The van der Waals surface area contributed by atoms with Gasteiger partial charge in [-0.25, -0.2) is 4.98 Å². The van der Waals surface area contributed by atoms with Gasteiger partial charge in [0.05, 0.1) is 16.9 Å². The lowest BCUT2D eigenvalue weighted by atomic mass is 10.2. The molecule has 3 N–H and O–H groups in total. The first-order chi connectivity index (χ1) is 8.61. The van der Waals surface area contributed by atoms with Crippen molar-refractivity contribution in [3.63, 3.8) is 0 Å². The highest BCUT2D eigenvalue weighted by Gasteiger charge is 2.15. The molecule has 2 rings (SSSR count). The van der Waals surface area contributed by atoms with Gasteiger partial charge in [-0.15, -0.1) is 0 Å². The molecule has 0 aliphatic rings. The second kappa shape index (κ2) is 5.31. The number of H-pyrrole nitrogens is 1. The van der Waals surface area contributed by atoms with E-state index in [1.165, 1.54) is 0 Å². The maximum Gasteiger partial charge on any atom is 0.258 e. The molecule has 0 aliphatic heterocycles. The Morgan fingerprint density at radius 1 is 1.33 bits per heavy atom. The number of benzene rings is 1. The standard InChI is InChI=1S/C14H19N3O/c1-4-9(2)15-10(3)13-16-12-8-6-5-7-11(12)14(18)17-13/h5-10,15H,4H2,1-3H3,(H,16,17,18)/p+1/t9-,10+/m1/s1. The predicted molar refractivity (Wildman–Crippen MR) is 72.5 cm³/mol. The van der Waals surface area contributed by atoms with Crippen molar-refractivity contribution in [3.8, 4) is 0 Å². The largest absolute Gasteiger partial charge is 0.336 e. The fourth-order valence-corrected chi connectivity index (χ4v) is 2.04. The van der Waals surface area contributed by atoms with Crippen LogP contribution in [-0.2, 0) is 0 Å². The molecule has 0 fully saturated rings. The lowest BCUT2D eigenvalue weighted by molar-refractivity contribution is -0.723. The topological polar surface area (TPSA) is 62.4 Å². The van der Waals surface area contributed by atoms with Crippen molar-refractivity contribution in [1.29, 1.82) is 0 Å². The molecule has 4 nitrogen and oxygen atoms in total. The number of para-hydroxylation sites is 1. The van der Waals surface area contributed by atoms with E-state index in [-0.39, 0.29) is 11.6 Å². The number of nitrogens with one attached hydrogen (secondary N) is 1. The number of hydrogen-bond acceptors (Lipinski definition) is 2. The number of hydrogen-bond donors (Lipinski definition) is 2. The molecule has 1 aromatic carbocycles. The summed E-state index contributed by atoms with van der Waals surface area (Å²) in [5.74, 6) is 0.749. The normalized spacial score (nSPS) is 14.6. The van der Waals surface area contributed by atoms with Crippen LogP contribution in [0.3, 0.4) is 0 Å². The van der Waals surface area contributed by atoms with E-state index in [1.54, 1.807) is 6.07 Å². The summed E-state index contributed by atoms with van der Waals surface area (Å²) in [6, 6.07) is 8.13. The van der Waals surface area contributed by atoms with Crippen molar-refractivity contribution < 1.29 is 5.32 Å². The van der Waals surface area contributed by atoms with Crippen LogP contribution >= 0.6 is 0 Å². The van der Waals surface area contributed by atoms with Crippen molar-refractivity contribution >= 4 is 10.9 Å². The minimum Gasteiger partial charge on any atom is -0.336 e. The fraction of sp³-hybridized carbons (Fsp3) is 0.429. The summed E-state index contributed by atoms with van der Waals surface area (Å²) < 4.78 is 0. The van der Waals surface area contributed by atoms with Gasteiger partial charge in [0.15, 0.2) is 5.82 Å². The zero-order valence-electron chi connectivity index (χ0n) is 11.1. The van der Waals surface area contributed by atoms with Gasteiger partial charge in [0.1, 0.15) is 6.04 Å². The molecule has 0 spiro atoms. The number of rotatable bonds is 4. The number of quaternary nitrogens is 1. The van der Waals surface area contributed by atoms with E-state index in [2.05, 4.69) is 36.1 Å². The molecule has 0 aliphatic carbocycles. The van der Waals surface area contributed by atoms with Crippen LogP contribution in [0.1, 0.15) is 39.1 Å². The number of aromatic nitrogens is 2. The quantitative estimate of drug-likeness (QED) is 0.855. The third kappa shape index (κ3) is 2.59. The highest BCUT2D eigenvalue weighted by molar-refractivity contribution is 5.77. The Labute approximate surface area is 106 Å². The smallest absolute Gasteiger partial charge is 0.258 e. The molecule has 0 saturated carbocycles. The average Bonchev–Trinajstić information content (AvgIpc) is 2.38. The number of aromatic amines is 1. The molecule has 0 bridgehead atoms. The molecule has 0 saturated heterocycles. The van der Waals surface area contributed by atoms with Crippen LogP contribution in [0.25, 0.3) is 10.9 Å². The highest BCUT2D eigenvalue weighted by Crippen LogP contribution is 2.08. The Hall–Kier alpha value is -1.68. The highest BCUT2D eigenvalue weighted by atomic mass is 16.1. The second-order valence-electron chi connectivity index (χ2n) is 4.83. The summed E-state index contributed by atoms with van der Waals surface area (Å²) >= 11 is 0. The second-order valence-corrected chi connectivity index (χ2v) is 4.83. The van der Waals surface area contributed by atoms with Gasteiger partial charge in [0, 0.05) is 0 Å². The maximum absolute atomic E-state index is 11.9. The van der Waals surface area contributed by atoms with Crippen molar-refractivity contribution in [2.45, 2.75) is 39.3 Å². The van der Waals surface area contributed by atoms with Gasteiger partial charge in [-0.05, 0) is 32.4 Å². The summed E-state index contributed by atoms with van der Waals surface area (Å²) in [5, 5.41) is 2.88. The molecular weight excluding hydrogens is 226 g/mol. The van der Waals surface area contributed by atoms with Crippen molar-refractivity contribution in [3.05, 3.63) is 40.4 Å². The third-order valence-electron chi connectivity index (χ3n) is 3.32. The fourth-order valence-electron chi connectivity index (χ4n) is 2.04. The third-order valence-corrected chi connectivity index (χ3v) is 3.32. The molecule has 2 aromatic rings. The molecular formula is C14H20N3O+. The van der Waals surface area contributed by atoms with E-state index in [9.17, 15) is 4.79 Å². The molecule has 4 heteroatoms. The van der Waals surface area contributed by atoms with Gasteiger partial charge in [0.2, 0.25) is 0 Å². The Bertz CT molecular complexity index is 591. The Morgan fingerprint density at radius 3 is 2.78 bits per heavy atom. The van der Waals surface area contributed by atoms with E-state index in [4.69, 9.17) is 0 Å². The average molecular weight is 246 g/mol. The number of fused-ring (bicyclic) bond motifs is 1. The van der Waals surface area contributed by atoms with Crippen molar-refractivity contribution in [1.82, 2.24) is 9.97 Å². The van der Waals surface area contributed by atoms with Crippen molar-refractivity contribution in [2.24, 2.45) is 0 Å². The van der Waals surface area contributed by atoms with Gasteiger partial charge in [-0.3, -0.25) is 4.79 Å². The maximum atomic E-state index is 11.9. The summed E-state index contributed by atoms with van der Waals surface area (Å²) in [6.07, 6.45) is 1.10. The molecule has 2 atom stereocenters. The van der Waals surface area contributed by atoms with E-state index >= 15 is 0 Å². The van der Waals surface area contributed by atoms with Gasteiger partial charge in [0.25, 0.3) is 5.56 Å². The monoisotopic (exact) mass is 246 g/mol. The summed E-state index contributed by atoms with van der Waals surface area (Å²) in [6.45, 7) is 6.40. The Morgan fingerprint density at radius 2 is 2.06 bits per heavy atom. The molecule has 0 unspecified atom stereocenters. The van der Waals surface area contributed by atoms with E-state index in [0.29, 0.717) is 11.4 Å². The van der Waals surface area contributed by atoms with E-state index in [0.717, 1.165) is 17.8 Å². The number of nitrogens with two attached hydrogens (primary N) is 1. The molecule has 1 heterocycles. The minimum absolute atomic E-state index is 0.0556. The van der Waals surface area contributed by atoms with Crippen molar-refractivity contribution in [2.75, 3.05) is 0 Å². The van der Waals surface area contributed by atoms with Gasteiger partial charge in [-0.1, -0.05) is 19.1 Å². The summed E-state index contributed by atoms with van der Waals surface area (Å²) in [7, 11) is 0. The van der Waals surface area contributed by atoms with Crippen LogP contribution < -0.4 is 10.9 Å². The molecule has 18 heavy (non-hydrogen) atoms. The number of nitrogens with zero attached hydrogens (tertiary/aromatic N) is 1. The molecule has 1 aromatic heterocycles. The van der Waals surface area contributed by atoms with Crippen LogP contribution in [0.2, 0.25) is 0 Å². The first kappa shape index (κ1) is 12.8. The molecule has 96 valence electrons. The van der Waals surface area contributed by atoms with Crippen LogP contribution in [0.4, 0.5) is 0 Å². The zero-order chi connectivity index (χ0) is 13.1. The molecule has 0 amide bonds. The van der Waals surface area contributed by atoms with E-state index in [1.807, 2.05) is 18.2 Å². The first-order valence-electron chi connectivity index (χ1n) is 6.45. The minimum atomic E-state index is -0.0556. The van der Waals surface area contributed by atoms with Gasteiger partial charge in [-0.2, -0.15) is 0 Å². The summed E-state index contributed by atoms with van der Waals surface area (Å²) in [4.78, 5) is 19.4. The predicted octanol–water partition coefficient (Wildman–Crippen LogP) is 1.35. The molecule has 0 radical (unpaired) electrons. The van der Waals surface area contributed by atoms with Crippen LogP contribution in [-0.4, -0.2) is 16.0 Å². The zero-order valence-corrected chi connectivity index (χ0v) is 11.1. The first-order valence-corrected chi connectivity index (χ1v) is 6.45. The summed E-state index contributed by atoms with van der Waals surface area (Å²) in [5.41, 5.74) is 0.709. The SMILES string of the molecule is CC[C@@H](C)[NH2+][C@@H](C)c1nc2ccccc2c(=O)[nH]1. The van der Waals surface area contributed by atoms with E-state index < -0.39 is 0 Å². The lowest BCUT2D eigenvalue weighted by Crippen LogP contribution is -2.89. The van der Waals surface area contributed by atoms with Crippen LogP contribution in [0.15, 0.2) is 29.1 Å². The Balaban J connectivity index is 2.37. The van der Waals surface area contributed by atoms with Crippen LogP contribution in [0.5, 0.6) is 0 Å². The Kier molecular flexibility index (Phi) is 3.77. The lowest BCUT2D eigenvalue weighted by Gasteiger charge is -2.14. The van der Waals surface area contributed by atoms with Crippen LogP contribution in [0, 0.1) is 0 Å². The van der Waals surface area contributed by atoms with Gasteiger partial charge < -0.3 is 10.3 Å². The van der Waals surface area contributed by atoms with Gasteiger partial charge >= 0.3 is 0 Å².